The van der Waals surface area contributed by atoms with Crippen LogP contribution in [0, 0.1) is 11.7 Å². The molecule has 2 aliphatic rings. The molecule has 0 saturated carbocycles. The zero-order valence-electron chi connectivity index (χ0n) is 20.2. The van der Waals surface area contributed by atoms with E-state index in [9.17, 15) is 14.0 Å². The summed E-state index contributed by atoms with van der Waals surface area (Å²) in [6.45, 7) is 11.0. The lowest BCUT2D eigenvalue weighted by molar-refractivity contribution is -0.135. The van der Waals surface area contributed by atoms with Crippen LogP contribution in [0.2, 0.25) is 0 Å². The van der Waals surface area contributed by atoms with E-state index < -0.39 is 6.04 Å². The maximum Gasteiger partial charge on any atom is 0.315 e. The molecule has 0 aliphatic carbocycles. The van der Waals surface area contributed by atoms with Crippen molar-refractivity contribution in [3.05, 3.63) is 35.6 Å². The van der Waals surface area contributed by atoms with Crippen LogP contribution in [0.1, 0.15) is 52.0 Å². The highest BCUT2D eigenvalue weighted by Gasteiger charge is 2.31. The molecule has 2 heterocycles. The van der Waals surface area contributed by atoms with Crippen molar-refractivity contribution in [2.24, 2.45) is 5.92 Å². The molecule has 0 aromatic heterocycles. The van der Waals surface area contributed by atoms with Gasteiger partial charge in [0, 0.05) is 39.3 Å². The SMILES string of the molecule is CCCC(NC(=O)NCc1ccc(F)cc1)C(=O)N1CCC(CN2CC(C)OC(C)C2)CC1. The van der Waals surface area contributed by atoms with Gasteiger partial charge in [0.1, 0.15) is 11.9 Å². The Hall–Kier alpha value is -2.19. The van der Waals surface area contributed by atoms with Crippen LogP contribution in [0.15, 0.2) is 24.3 Å². The molecule has 2 fully saturated rings. The number of hydrogen-bond donors (Lipinski definition) is 2. The lowest BCUT2D eigenvalue weighted by atomic mass is 9.95. The molecule has 0 spiro atoms. The molecule has 2 aliphatic heterocycles. The number of nitrogens with zero attached hydrogens (tertiary/aromatic N) is 2. The number of ether oxygens (including phenoxy) is 1. The number of urea groups is 1. The molecular weight excluding hydrogens is 423 g/mol. The van der Waals surface area contributed by atoms with E-state index in [1.54, 1.807) is 12.1 Å². The van der Waals surface area contributed by atoms with Gasteiger partial charge >= 0.3 is 6.03 Å². The summed E-state index contributed by atoms with van der Waals surface area (Å²) in [6, 6.07) is 5.08. The molecule has 7 nitrogen and oxygen atoms in total. The highest BCUT2D eigenvalue weighted by atomic mass is 19.1. The molecule has 33 heavy (non-hydrogen) atoms. The molecule has 3 rings (SSSR count). The third kappa shape index (κ3) is 7.96. The molecule has 3 amide bonds. The smallest absolute Gasteiger partial charge is 0.315 e. The molecular formula is C25H39FN4O3. The number of carbonyl (C=O) groups is 2. The number of piperidine rings is 1. The van der Waals surface area contributed by atoms with Crippen molar-refractivity contribution in [1.29, 1.82) is 0 Å². The first-order chi connectivity index (χ1) is 15.8. The predicted molar refractivity (Wildman–Crippen MR) is 126 cm³/mol. The van der Waals surface area contributed by atoms with E-state index in [0.29, 0.717) is 12.3 Å². The van der Waals surface area contributed by atoms with Gasteiger partial charge in [0.05, 0.1) is 12.2 Å². The first kappa shape index (κ1) is 25.4. The molecule has 8 heteroatoms. The highest BCUT2D eigenvalue weighted by molar-refractivity contribution is 5.87. The Morgan fingerprint density at radius 2 is 1.76 bits per heavy atom. The van der Waals surface area contributed by atoms with Gasteiger partial charge in [-0.05, 0) is 56.7 Å². The first-order valence-electron chi connectivity index (χ1n) is 12.3. The maximum atomic E-state index is 13.1. The van der Waals surface area contributed by atoms with Crippen LogP contribution in [0.4, 0.5) is 9.18 Å². The van der Waals surface area contributed by atoms with Crippen molar-refractivity contribution in [2.75, 3.05) is 32.7 Å². The predicted octanol–water partition coefficient (Wildman–Crippen LogP) is 3.14. The lowest BCUT2D eigenvalue weighted by Gasteiger charge is -2.40. The average molecular weight is 463 g/mol. The van der Waals surface area contributed by atoms with Crippen LogP contribution in [-0.4, -0.2) is 72.7 Å². The van der Waals surface area contributed by atoms with Crippen LogP contribution < -0.4 is 10.6 Å². The molecule has 0 bridgehead atoms. The topological polar surface area (TPSA) is 73.9 Å². The van der Waals surface area contributed by atoms with Crippen LogP contribution >= 0.6 is 0 Å². The zero-order valence-corrected chi connectivity index (χ0v) is 20.2. The summed E-state index contributed by atoms with van der Waals surface area (Å²) in [4.78, 5) is 29.9. The average Bonchev–Trinajstić information content (AvgIpc) is 2.78. The number of halogens is 1. The fourth-order valence-corrected chi connectivity index (χ4v) is 4.89. The summed E-state index contributed by atoms with van der Waals surface area (Å²) >= 11 is 0. The molecule has 2 N–H and O–H groups in total. The fourth-order valence-electron chi connectivity index (χ4n) is 4.89. The number of amides is 3. The van der Waals surface area contributed by atoms with Crippen molar-refractivity contribution >= 4 is 11.9 Å². The summed E-state index contributed by atoms with van der Waals surface area (Å²) in [7, 11) is 0. The van der Waals surface area contributed by atoms with Crippen molar-refractivity contribution in [3.8, 4) is 0 Å². The second-order valence-corrected chi connectivity index (χ2v) is 9.54. The number of benzene rings is 1. The Balaban J connectivity index is 1.44. The third-order valence-corrected chi connectivity index (χ3v) is 6.48. The molecule has 3 unspecified atom stereocenters. The number of likely N-dealkylation sites (tertiary alicyclic amines) is 1. The summed E-state index contributed by atoms with van der Waals surface area (Å²) < 4.78 is 18.9. The minimum atomic E-state index is -0.527. The zero-order chi connectivity index (χ0) is 23.8. The van der Waals surface area contributed by atoms with Gasteiger partial charge < -0.3 is 20.3 Å². The Morgan fingerprint density at radius 1 is 1.12 bits per heavy atom. The Labute approximate surface area is 197 Å². The minimum absolute atomic E-state index is 0.000786. The highest BCUT2D eigenvalue weighted by Crippen LogP contribution is 2.22. The largest absolute Gasteiger partial charge is 0.373 e. The molecule has 1 aromatic carbocycles. The minimum Gasteiger partial charge on any atom is -0.373 e. The summed E-state index contributed by atoms with van der Waals surface area (Å²) in [6.07, 6.45) is 3.92. The van der Waals surface area contributed by atoms with Gasteiger partial charge in [0.25, 0.3) is 0 Å². The Morgan fingerprint density at radius 3 is 2.36 bits per heavy atom. The molecule has 0 radical (unpaired) electrons. The monoisotopic (exact) mass is 462 g/mol. The number of rotatable bonds is 8. The van der Waals surface area contributed by atoms with Gasteiger partial charge in [-0.1, -0.05) is 25.5 Å². The van der Waals surface area contributed by atoms with E-state index in [4.69, 9.17) is 4.74 Å². The lowest BCUT2D eigenvalue weighted by Crippen LogP contribution is -2.53. The summed E-state index contributed by atoms with van der Waals surface area (Å²) in [5.41, 5.74) is 0.802. The van der Waals surface area contributed by atoms with Gasteiger partial charge in [-0.2, -0.15) is 0 Å². The number of nitrogens with one attached hydrogen (secondary N) is 2. The van der Waals surface area contributed by atoms with Gasteiger partial charge in [-0.15, -0.1) is 0 Å². The van der Waals surface area contributed by atoms with E-state index in [0.717, 1.165) is 57.5 Å². The number of hydrogen-bond acceptors (Lipinski definition) is 4. The third-order valence-electron chi connectivity index (χ3n) is 6.48. The van der Waals surface area contributed by atoms with Crippen molar-refractivity contribution in [2.45, 2.75) is 71.2 Å². The van der Waals surface area contributed by atoms with Crippen molar-refractivity contribution < 1.29 is 18.7 Å². The van der Waals surface area contributed by atoms with Crippen molar-refractivity contribution in [3.63, 3.8) is 0 Å². The number of carbonyl (C=O) groups excluding carboxylic acids is 2. The van der Waals surface area contributed by atoms with Crippen molar-refractivity contribution in [1.82, 2.24) is 20.4 Å². The van der Waals surface area contributed by atoms with E-state index in [2.05, 4.69) is 29.4 Å². The summed E-state index contributed by atoms with van der Waals surface area (Å²) in [5, 5.41) is 5.61. The van der Waals surface area contributed by atoms with Crippen LogP contribution in [0.25, 0.3) is 0 Å². The normalized spacial score (nSPS) is 23.2. The van der Waals surface area contributed by atoms with Crippen LogP contribution in [0.3, 0.4) is 0 Å². The Kier molecular flexibility index (Phi) is 9.50. The second-order valence-electron chi connectivity index (χ2n) is 9.54. The summed E-state index contributed by atoms with van der Waals surface area (Å²) in [5.74, 6) is 0.277. The molecule has 184 valence electrons. The quantitative estimate of drug-likeness (QED) is 0.623. The molecule has 2 saturated heterocycles. The van der Waals surface area contributed by atoms with E-state index in [1.807, 2.05) is 11.8 Å². The van der Waals surface area contributed by atoms with E-state index in [-0.39, 0.29) is 36.5 Å². The van der Waals surface area contributed by atoms with Crippen LogP contribution in [-0.2, 0) is 16.1 Å². The Bertz CT molecular complexity index is 757. The molecule has 3 atom stereocenters. The van der Waals surface area contributed by atoms with E-state index >= 15 is 0 Å². The maximum absolute atomic E-state index is 13.1. The van der Waals surface area contributed by atoms with Crippen LogP contribution in [0.5, 0.6) is 0 Å². The van der Waals surface area contributed by atoms with E-state index in [1.165, 1.54) is 12.1 Å². The second kappa shape index (κ2) is 12.3. The molecule has 1 aromatic rings. The van der Waals surface area contributed by atoms with Gasteiger partial charge in [-0.3, -0.25) is 9.69 Å². The fraction of sp³-hybridized carbons (Fsp3) is 0.680. The standard InChI is InChI=1S/C25H39FN4O3/c1-4-5-23(28-25(32)27-14-20-6-8-22(26)9-7-20)24(31)30-12-10-21(11-13-30)17-29-15-18(2)33-19(3)16-29/h6-9,18-19,21,23H,4-5,10-17H2,1-3H3,(H2,27,28,32). The van der Waals surface area contributed by atoms with Gasteiger partial charge in [-0.25, -0.2) is 9.18 Å². The first-order valence-corrected chi connectivity index (χ1v) is 12.3. The van der Waals surface area contributed by atoms with Gasteiger partial charge in [0.2, 0.25) is 5.91 Å². The van der Waals surface area contributed by atoms with Gasteiger partial charge in [0.15, 0.2) is 0 Å². The number of morpholine rings is 1.